The summed E-state index contributed by atoms with van der Waals surface area (Å²) in [7, 11) is 5.23. The van der Waals surface area contributed by atoms with E-state index >= 15 is 0 Å². The number of carbonyl (C=O) groups excluding carboxylic acids is 1. The van der Waals surface area contributed by atoms with Gasteiger partial charge in [-0.2, -0.15) is 14.9 Å². The van der Waals surface area contributed by atoms with E-state index in [1.54, 1.807) is 30.7 Å². The maximum atomic E-state index is 12.2. The van der Waals surface area contributed by atoms with Crippen molar-refractivity contribution in [1.82, 2.24) is 59.9 Å². The number of benzene rings is 6. The summed E-state index contributed by atoms with van der Waals surface area (Å²) in [6.45, 7) is 38.3. The minimum absolute atomic E-state index is 0. The fourth-order valence-electron chi connectivity index (χ4n) is 13.1. The van der Waals surface area contributed by atoms with Gasteiger partial charge in [-0.3, -0.25) is 19.8 Å². The number of H-pyrrole nitrogens is 1. The number of aromatic nitrogens is 8. The van der Waals surface area contributed by atoms with E-state index in [9.17, 15) is 4.79 Å². The van der Waals surface area contributed by atoms with Gasteiger partial charge in [-0.25, -0.2) is 24.7 Å². The second-order valence-electron chi connectivity index (χ2n) is 32.5. The quantitative estimate of drug-likeness (QED) is 0.0859. The van der Waals surface area contributed by atoms with Crippen LogP contribution in [0.25, 0.3) is 33.2 Å². The number of hydrogen-bond donors (Lipinski definition) is 4. The Kier molecular flexibility index (Phi) is 25.3. The summed E-state index contributed by atoms with van der Waals surface area (Å²) in [5, 5.41) is 22.9. The Balaban J connectivity index is 0.000000133. The molecular weight excluding hydrogens is 1550 g/mol. The van der Waals surface area contributed by atoms with Crippen molar-refractivity contribution < 1.29 is 37.5 Å². The molecule has 0 aliphatic carbocycles. The zero-order valence-electron chi connectivity index (χ0n) is 65.5. The standard InChI is InChI=1S/C20H18N6.C16H16ClN5O2.C15H22BNO2.C12H24B2O4.C9H10BrN.C8H8BrN.ClH/c1-26-11-14-3-2-13(8-16(14)12-26)20-21-7-6-19(24-20)23-17-4-5-18-15(9-17)10-22-25-18;1-16(2,3)24-15(23)22-12-5-4-11(8-10(12)9-19-22)20-13-6-7-18-14(17)21-13;1-14(2)15(3,4)19-16(18-14)13-7-6-11-9-17(5)10-12(11)8-13;1-9(2)10(3,4)16-13(15-9)14-17-11(5,6)12(7,8)18-14;1-11-5-7-2-3-9(10)4-8(7)6-11;9-8-2-1-6-4-10-5-7(6)3-8;/h2-10H,11-12H2,1H3,(H,22,25)(H,21,23,24);4-9H,1-3H3,(H,18,20,21);6-8H,9-10H2,1-5H3;1-8H3;2-4H,5-6H2,1H3;1-3,10H,4-5H2;1H. The summed E-state index contributed by atoms with van der Waals surface area (Å²) >= 11 is 12.7. The lowest BCUT2D eigenvalue weighted by atomic mass is 9.49. The van der Waals surface area contributed by atoms with Crippen LogP contribution in [0.1, 0.15) is 148 Å². The third-order valence-corrected chi connectivity index (χ3v) is 22.2. The number of rotatable bonds is 7. The third kappa shape index (κ3) is 20.0. The summed E-state index contributed by atoms with van der Waals surface area (Å²) in [5.74, 6) is 2.08. The number of aromatic amines is 1. The van der Waals surface area contributed by atoms with Crippen molar-refractivity contribution in [2.24, 2.45) is 0 Å². The van der Waals surface area contributed by atoms with Crippen molar-refractivity contribution in [3.63, 3.8) is 0 Å². The Hall–Kier alpha value is -7.18. The van der Waals surface area contributed by atoms with E-state index < -0.39 is 25.7 Å². The summed E-state index contributed by atoms with van der Waals surface area (Å²) < 4.78 is 45.0. The first kappa shape index (κ1) is 82.8. The fraction of sp³-hybridized carbons (Fsp3) is 0.412. The number of anilines is 4. The molecule has 29 heteroatoms. The molecule has 0 atom stereocenters. The lowest BCUT2D eigenvalue weighted by Gasteiger charge is -2.32. The monoisotopic (exact) mass is 1640 g/mol. The van der Waals surface area contributed by atoms with Crippen LogP contribution in [0.3, 0.4) is 0 Å². The van der Waals surface area contributed by atoms with Gasteiger partial charge in [-0.1, -0.05) is 74.3 Å². The van der Waals surface area contributed by atoms with Crippen LogP contribution in [-0.4, -0.2) is 142 Å². The van der Waals surface area contributed by atoms with E-state index in [2.05, 4.69) is 214 Å². The predicted molar refractivity (Wildman–Crippen MR) is 444 cm³/mol. The van der Waals surface area contributed by atoms with E-state index in [0.29, 0.717) is 11.3 Å². The van der Waals surface area contributed by atoms with Gasteiger partial charge in [0.15, 0.2) is 5.82 Å². The molecule has 7 aliphatic rings. The Morgan fingerprint density at radius 3 is 1.56 bits per heavy atom. The number of carbonyl (C=O) groups is 1. The van der Waals surface area contributed by atoms with Crippen molar-refractivity contribution in [2.75, 3.05) is 31.8 Å². The van der Waals surface area contributed by atoms with Gasteiger partial charge in [-0.05, 0) is 265 Å². The van der Waals surface area contributed by atoms with Crippen LogP contribution in [0, 0.1) is 0 Å². The SMILES string of the molecule is Brc1ccc2c(c1)CNC2.CC(C)(C)OC(=O)n1ncc2cc(Nc3ccnc(Cl)n3)ccc21.CC1(C)OB(B2OC(C)(C)C(C)(C)O2)OC1(C)C.CN1Cc2ccc(-c3nccc(Nc4ccc5[nH]ncc5c4)n3)cc2C1.CN1Cc2ccc(B3OC(C)(C)C(C)(C)O3)cc2C1.CN1Cc2ccc(Br)cc2C1.Cl. The number of ether oxygens (including phenoxy) is 1. The molecule has 574 valence electrons. The molecule has 3 saturated heterocycles. The number of nitrogens with one attached hydrogen (secondary N) is 4. The van der Waals surface area contributed by atoms with Crippen LogP contribution in [0.5, 0.6) is 0 Å². The van der Waals surface area contributed by atoms with Gasteiger partial charge in [0.2, 0.25) is 5.28 Å². The van der Waals surface area contributed by atoms with Crippen molar-refractivity contribution in [3.05, 3.63) is 205 Å². The second kappa shape index (κ2) is 33.3. The second-order valence-corrected chi connectivity index (χ2v) is 34.7. The highest BCUT2D eigenvalue weighted by Gasteiger charge is 2.64. The molecule has 0 unspecified atom stereocenters. The molecule has 0 bridgehead atoms. The molecule has 17 rings (SSSR count). The Morgan fingerprint density at radius 1 is 0.523 bits per heavy atom. The summed E-state index contributed by atoms with van der Waals surface area (Å²) in [6.07, 6.45) is 6.27. The minimum Gasteiger partial charge on any atom is -0.442 e. The molecule has 4 N–H and O–H groups in total. The topological polar surface area (TPSA) is 226 Å². The van der Waals surface area contributed by atoms with Crippen LogP contribution in [0.4, 0.5) is 27.8 Å². The largest absolute Gasteiger partial charge is 0.494 e. The number of halogens is 4. The van der Waals surface area contributed by atoms with Gasteiger partial charge < -0.3 is 48.6 Å². The molecule has 4 aromatic heterocycles. The lowest BCUT2D eigenvalue weighted by molar-refractivity contribution is 0.00578. The van der Waals surface area contributed by atoms with Crippen molar-refractivity contribution >= 4 is 133 Å². The molecule has 11 heterocycles. The molecule has 10 aromatic rings. The summed E-state index contributed by atoms with van der Waals surface area (Å²) in [4.78, 5) is 36.2. The zero-order valence-corrected chi connectivity index (χ0v) is 70.3. The maximum Gasteiger partial charge on any atom is 0.494 e. The first-order valence-electron chi connectivity index (χ1n) is 36.5. The van der Waals surface area contributed by atoms with E-state index in [4.69, 9.17) is 49.2 Å². The molecule has 0 radical (unpaired) electrons. The predicted octanol–water partition coefficient (Wildman–Crippen LogP) is 16.8. The number of fused-ring (bicyclic) bond motifs is 6. The van der Waals surface area contributed by atoms with Crippen LogP contribution in [-0.2, 0) is 85.0 Å². The van der Waals surface area contributed by atoms with Crippen LogP contribution >= 0.6 is 55.9 Å². The maximum absolute atomic E-state index is 12.2. The fourth-order valence-corrected chi connectivity index (χ4v) is 14.0. The van der Waals surface area contributed by atoms with Gasteiger partial charge in [-0.15, -0.1) is 12.4 Å². The average molecular weight is 1650 g/mol. The molecule has 0 saturated carbocycles. The molecule has 22 nitrogen and oxygen atoms in total. The van der Waals surface area contributed by atoms with E-state index in [0.717, 1.165) is 103 Å². The van der Waals surface area contributed by atoms with Gasteiger partial charge in [0.25, 0.3) is 0 Å². The number of nitrogens with zero attached hydrogens (tertiary/aromatic N) is 10. The van der Waals surface area contributed by atoms with E-state index in [1.807, 2.05) is 119 Å². The highest BCUT2D eigenvalue weighted by atomic mass is 79.9. The minimum atomic E-state index is -0.580. The van der Waals surface area contributed by atoms with Crippen molar-refractivity contribution in [3.8, 4) is 11.4 Å². The van der Waals surface area contributed by atoms with Crippen molar-refractivity contribution in [1.29, 1.82) is 0 Å². The highest BCUT2D eigenvalue weighted by Crippen LogP contribution is 2.44. The Labute approximate surface area is 669 Å². The highest BCUT2D eigenvalue weighted by molar-refractivity contribution is 9.10. The molecule has 0 amide bonds. The van der Waals surface area contributed by atoms with Gasteiger partial charge in [0, 0.05) is 101 Å². The lowest BCUT2D eigenvalue weighted by Crippen LogP contribution is -2.41. The normalized spacial score (nSPS) is 18.6. The van der Waals surface area contributed by atoms with Crippen molar-refractivity contribution in [2.45, 2.75) is 195 Å². The Bertz CT molecular complexity index is 4830. The first-order chi connectivity index (χ1) is 50.8. The van der Waals surface area contributed by atoms with E-state index in [1.165, 1.54) is 58.1 Å². The van der Waals surface area contributed by atoms with E-state index in [-0.39, 0.29) is 58.4 Å². The third-order valence-electron chi connectivity index (χ3n) is 21.0. The van der Waals surface area contributed by atoms with Gasteiger partial charge in [0.05, 0.1) is 57.0 Å². The summed E-state index contributed by atoms with van der Waals surface area (Å²) in [5.41, 5.74) is 14.4. The van der Waals surface area contributed by atoms with Crippen LogP contribution in [0.2, 0.25) is 5.28 Å². The first-order valence-corrected chi connectivity index (χ1v) is 38.4. The molecule has 7 aliphatic heterocycles. The van der Waals surface area contributed by atoms with Crippen LogP contribution < -0.4 is 21.4 Å². The molecule has 0 spiro atoms. The number of hydrogen-bond acceptors (Lipinski definition) is 20. The summed E-state index contributed by atoms with van der Waals surface area (Å²) in [6, 6.07) is 41.1. The smallest absolute Gasteiger partial charge is 0.442 e. The van der Waals surface area contributed by atoms with Gasteiger partial charge >= 0.3 is 27.2 Å². The average Bonchev–Trinajstić information content (AvgIpc) is 1.61. The van der Waals surface area contributed by atoms with Gasteiger partial charge in [0.1, 0.15) is 17.2 Å². The molecule has 3 fully saturated rings. The molecule has 6 aromatic carbocycles. The Morgan fingerprint density at radius 2 is 0.991 bits per heavy atom. The molecular formula is C80H99B3Br2Cl2N14O8. The van der Waals surface area contributed by atoms with Crippen LogP contribution in [0.15, 0.2) is 155 Å². The molecule has 109 heavy (non-hydrogen) atoms. The zero-order chi connectivity index (χ0) is 77.5.